The quantitative estimate of drug-likeness (QED) is 0.578. The van der Waals surface area contributed by atoms with E-state index in [-0.39, 0.29) is 6.09 Å². The highest BCUT2D eigenvalue weighted by molar-refractivity contribution is 5.67. The molecular formula is C7H13N2O2. The first-order chi connectivity index (χ1) is 5.33. The summed E-state index contributed by atoms with van der Waals surface area (Å²) in [5, 5.41) is 2.45. The first-order valence-electron chi connectivity index (χ1n) is 3.75. The molecule has 0 spiro atoms. The molecule has 0 atom stereocenters. The second-order valence-corrected chi connectivity index (χ2v) is 2.40. The Morgan fingerprint density at radius 3 is 2.91 bits per heavy atom. The van der Waals surface area contributed by atoms with Gasteiger partial charge in [0.15, 0.2) is 0 Å². The van der Waals surface area contributed by atoms with Crippen molar-refractivity contribution in [1.82, 2.24) is 10.2 Å². The summed E-state index contributed by atoms with van der Waals surface area (Å²) in [7, 11) is 0. The fourth-order valence-electron chi connectivity index (χ4n) is 0.715. The van der Waals surface area contributed by atoms with Crippen molar-refractivity contribution in [3.05, 3.63) is 6.92 Å². The monoisotopic (exact) mass is 157 g/mol. The van der Waals surface area contributed by atoms with Crippen LogP contribution in [-0.2, 0) is 4.74 Å². The second kappa shape index (κ2) is 4.18. The summed E-state index contributed by atoms with van der Waals surface area (Å²) in [6.45, 7) is 7.44. The average molecular weight is 157 g/mol. The van der Waals surface area contributed by atoms with Gasteiger partial charge in [0.25, 0.3) is 0 Å². The van der Waals surface area contributed by atoms with Gasteiger partial charge in [-0.15, -0.1) is 0 Å². The van der Waals surface area contributed by atoms with Gasteiger partial charge in [-0.1, -0.05) is 0 Å². The van der Waals surface area contributed by atoms with Crippen LogP contribution >= 0.6 is 0 Å². The molecule has 0 aromatic rings. The molecular weight excluding hydrogens is 144 g/mol. The molecule has 1 amide bonds. The third kappa shape index (κ3) is 3.83. The van der Waals surface area contributed by atoms with Crippen molar-refractivity contribution in [3.63, 3.8) is 0 Å². The molecule has 1 heterocycles. The van der Waals surface area contributed by atoms with Crippen LogP contribution < -0.4 is 5.32 Å². The molecule has 0 saturated carbocycles. The normalized spacial score (nSPS) is 16.1. The van der Waals surface area contributed by atoms with E-state index in [1.165, 1.54) is 0 Å². The van der Waals surface area contributed by atoms with E-state index in [1.807, 2.05) is 0 Å². The Morgan fingerprint density at radius 2 is 2.36 bits per heavy atom. The summed E-state index contributed by atoms with van der Waals surface area (Å²) in [4.78, 5) is 12.8. The van der Waals surface area contributed by atoms with E-state index in [2.05, 4.69) is 17.1 Å². The molecule has 0 aromatic carbocycles. The minimum atomic E-state index is -0.373. The van der Waals surface area contributed by atoms with Crippen LogP contribution in [0.5, 0.6) is 0 Å². The fourth-order valence-corrected chi connectivity index (χ4v) is 0.715. The van der Waals surface area contributed by atoms with Gasteiger partial charge in [-0.2, -0.15) is 0 Å². The Hall–Kier alpha value is -0.770. The van der Waals surface area contributed by atoms with Crippen LogP contribution in [-0.4, -0.2) is 43.8 Å². The standard InChI is InChI=1S/C7H13N2O2/c1-2-8-7(10)11-6-5-9-3-4-9/h1-6H2,(H,8,10). The number of amides is 1. The van der Waals surface area contributed by atoms with Crippen molar-refractivity contribution in [1.29, 1.82) is 0 Å². The molecule has 0 bridgehead atoms. The largest absolute Gasteiger partial charge is 0.448 e. The number of ether oxygens (including phenoxy) is 1. The highest BCUT2D eigenvalue weighted by Gasteiger charge is 2.16. The van der Waals surface area contributed by atoms with Crippen molar-refractivity contribution in [2.24, 2.45) is 0 Å². The number of hydrogen-bond acceptors (Lipinski definition) is 3. The van der Waals surface area contributed by atoms with Gasteiger partial charge in [-0.25, -0.2) is 4.79 Å². The zero-order valence-corrected chi connectivity index (χ0v) is 6.51. The molecule has 1 radical (unpaired) electrons. The lowest BCUT2D eigenvalue weighted by Crippen LogP contribution is -2.25. The van der Waals surface area contributed by atoms with Crippen LogP contribution in [0.3, 0.4) is 0 Å². The number of rotatable bonds is 4. The molecule has 4 heteroatoms. The average Bonchev–Trinajstić information content (AvgIpc) is 2.72. The smallest absolute Gasteiger partial charge is 0.407 e. The van der Waals surface area contributed by atoms with Crippen LogP contribution in [0, 0.1) is 6.92 Å². The Bertz CT molecular complexity index is 134. The molecule has 11 heavy (non-hydrogen) atoms. The molecule has 0 aliphatic carbocycles. The van der Waals surface area contributed by atoms with Crippen molar-refractivity contribution < 1.29 is 9.53 Å². The van der Waals surface area contributed by atoms with Gasteiger partial charge >= 0.3 is 6.09 Å². The maximum Gasteiger partial charge on any atom is 0.407 e. The van der Waals surface area contributed by atoms with Crippen molar-refractivity contribution in [3.8, 4) is 0 Å². The Balaban J connectivity index is 1.88. The van der Waals surface area contributed by atoms with E-state index >= 15 is 0 Å². The van der Waals surface area contributed by atoms with Crippen molar-refractivity contribution in [2.75, 3.05) is 32.8 Å². The summed E-state index contributed by atoms with van der Waals surface area (Å²) in [6.07, 6.45) is -0.373. The van der Waals surface area contributed by atoms with Crippen LogP contribution in [0.1, 0.15) is 0 Å². The number of hydrogen-bond donors (Lipinski definition) is 1. The van der Waals surface area contributed by atoms with E-state index in [1.54, 1.807) is 0 Å². The molecule has 1 aliphatic heterocycles. The summed E-state index contributed by atoms with van der Waals surface area (Å²) in [5.74, 6) is 0. The van der Waals surface area contributed by atoms with Crippen LogP contribution in [0.4, 0.5) is 4.79 Å². The molecule has 1 N–H and O–H groups in total. The predicted octanol–water partition coefficient (Wildman–Crippen LogP) is -0.138. The SMILES string of the molecule is [CH2]CNC(=O)OCCN1CC1. The summed E-state index contributed by atoms with van der Waals surface area (Å²) >= 11 is 0. The summed E-state index contributed by atoms with van der Waals surface area (Å²) < 4.78 is 4.80. The lowest BCUT2D eigenvalue weighted by molar-refractivity contribution is 0.143. The molecule has 63 valence electrons. The molecule has 1 aliphatic rings. The number of alkyl carbamates (subject to hydrolysis) is 1. The highest BCUT2D eigenvalue weighted by Crippen LogP contribution is 2.00. The van der Waals surface area contributed by atoms with Crippen LogP contribution in [0.2, 0.25) is 0 Å². The number of carbonyl (C=O) groups excluding carboxylic acids is 1. The van der Waals surface area contributed by atoms with Gasteiger partial charge in [0, 0.05) is 26.2 Å². The van der Waals surface area contributed by atoms with Gasteiger partial charge in [0.2, 0.25) is 0 Å². The number of nitrogens with zero attached hydrogens (tertiary/aromatic N) is 1. The molecule has 1 fully saturated rings. The zero-order valence-electron chi connectivity index (χ0n) is 6.51. The third-order valence-electron chi connectivity index (χ3n) is 1.45. The van der Waals surface area contributed by atoms with E-state index in [0.717, 1.165) is 19.6 Å². The van der Waals surface area contributed by atoms with Gasteiger partial charge in [-0.05, 0) is 6.92 Å². The highest BCUT2D eigenvalue weighted by atomic mass is 16.5. The first kappa shape index (κ1) is 8.33. The van der Waals surface area contributed by atoms with Gasteiger partial charge < -0.3 is 10.1 Å². The van der Waals surface area contributed by atoms with Gasteiger partial charge in [-0.3, -0.25) is 4.90 Å². The van der Waals surface area contributed by atoms with Crippen LogP contribution in [0.15, 0.2) is 0 Å². The van der Waals surface area contributed by atoms with Crippen molar-refractivity contribution in [2.45, 2.75) is 0 Å². The molecule has 1 rings (SSSR count). The van der Waals surface area contributed by atoms with Gasteiger partial charge in [0.1, 0.15) is 6.61 Å². The summed E-state index contributed by atoms with van der Waals surface area (Å²) in [6, 6.07) is 0. The maximum atomic E-state index is 10.7. The minimum Gasteiger partial charge on any atom is -0.448 e. The molecule has 1 saturated heterocycles. The Labute approximate surface area is 66.5 Å². The maximum absolute atomic E-state index is 10.7. The van der Waals surface area contributed by atoms with E-state index < -0.39 is 0 Å². The molecule has 0 unspecified atom stereocenters. The topological polar surface area (TPSA) is 41.3 Å². The van der Waals surface area contributed by atoms with E-state index in [9.17, 15) is 4.79 Å². The Kier molecular flexibility index (Phi) is 3.16. The summed E-state index contributed by atoms with van der Waals surface area (Å²) in [5.41, 5.74) is 0. The van der Waals surface area contributed by atoms with E-state index in [0.29, 0.717) is 13.2 Å². The molecule has 4 nitrogen and oxygen atoms in total. The van der Waals surface area contributed by atoms with E-state index in [4.69, 9.17) is 4.74 Å². The lowest BCUT2D eigenvalue weighted by Gasteiger charge is -2.04. The predicted molar refractivity (Wildman–Crippen MR) is 41.1 cm³/mol. The second-order valence-electron chi connectivity index (χ2n) is 2.40. The Morgan fingerprint density at radius 1 is 1.64 bits per heavy atom. The molecule has 0 aromatic heterocycles. The van der Waals surface area contributed by atoms with Crippen molar-refractivity contribution >= 4 is 6.09 Å². The zero-order chi connectivity index (χ0) is 8.10. The first-order valence-corrected chi connectivity index (χ1v) is 3.75. The van der Waals surface area contributed by atoms with Crippen LogP contribution in [0.25, 0.3) is 0 Å². The number of carbonyl (C=O) groups is 1. The number of nitrogens with one attached hydrogen (secondary N) is 1. The lowest BCUT2D eigenvalue weighted by atomic mass is 10.7. The third-order valence-corrected chi connectivity index (χ3v) is 1.45. The fraction of sp³-hybridized carbons (Fsp3) is 0.714. The minimum absolute atomic E-state index is 0.373. The van der Waals surface area contributed by atoms with Gasteiger partial charge in [0.05, 0.1) is 0 Å².